The largest absolute Gasteiger partial charge is 0.468 e. The number of nitrogens with one attached hydrogen (secondary N) is 1. The lowest BCUT2D eigenvalue weighted by atomic mass is 10.0. The van der Waals surface area contributed by atoms with Gasteiger partial charge < -0.3 is 4.74 Å². The first kappa shape index (κ1) is 17.4. The van der Waals surface area contributed by atoms with Crippen LogP contribution in [0.5, 0.6) is 0 Å². The van der Waals surface area contributed by atoms with Crippen molar-refractivity contribution in [1.29, 1.82) is 0 Å². The average molecular weight is 315 g/mol. The second-order valence-corrected chi connectivity index (χ2v) is 5.49. The zero-order chi connectivity index (χ0) is 16.0. The number of halogens is 1. The van der Waals surface area contributed by atoms with Gasteiger partial charge in [-0.15, -0.1) is 0 Å². The summed E-state index contributed by atoms with van der Waals surface area (Å²) in [6, 6.07) is 3.97. The van der Waals surface area contributed by atoms with Crippen LogP contribution in [0, 0.1) is 16.0 Å². The molecule has 1 atom stereocenters. The molecule has 0 aliphatic heterocycles. The van der Waals surface area contributed by atoms with Crippen molar-refractivity contribution in [3.63, 3.8) is 0 Å². The van der Waals surface area contributed by atoms with E-state index < -0.39 is 16.9 Å². The Balaban J connectivity index is 2.89. The highest BCUT2D eigenvalue weighted by Gasteiger charge is 2.23. The quantitative estimate of drug-likeness (QED) is 0.475. The maximum Gasteiger partial charge on any atom is 0.322 e. The number of nitrogens with zero attached hydrogens (tertiary/aromatic N) is 1. The Bertz CT molecular complexity index is 520. The van der Waals surface area contributed by atoms with Crippen LogP contribution in [0.15, 0.2) is 18.2 Å². The van der Waals surface area contributed by atoms with Gasteiger partial charge in [0.2, 0.25) is 0 Å². The molecule has 1 rings (SSSR count). The van der Waals surface area contributed by atoms with Gasteiger partial charge in [-0.3, -0.25) is 20.2 Å². The fourth-order valence-electron chi connectivity index (χ4n) is 2.00. The highest BCUT2D eigenvalue weighted by molar-refractivity contribution is 6.31. The summed E-state index contributed by atoms with van der Waals surface area (Å²) in [5.41, 5.74) is 0.296. The minimum absolute atomic E-state index is 0.0665. The summed E-state index contributed by atoms with van der Waals surface area (Å²) >= 11 is 6.02. The lowest BCUT2D eigenvalue weighted by molar-refractivity contribution is -0.385. The van der Waals surface area contributed by atoms with Gasteiger partial charge in [-0.1, -0.05) is 31.5 Å². The number of nitro groups is 1. The Labute approximate surface area is 128 Å². The number of nitro benzene ring substituents is 1. The van der Waals surface area contributed by atoms with Crippen LogP contribution in [0.1, 0.15) is 25.8 Å². The topological polar surface area (TPSA) is 81.5 Å². The molecular weight excluding hydrogens is 296 g/mol. The molecule has 1 N–H and O–H groups in total. The van der Waals surface area contributed by atoms with Gasteiger partial charge in [0.15, 0.2) is 0 Å². The highest BCUT2D eigenvalue weighted by Crippen LogP contribution is 2.26. The van der Waals surface area contributed by atoms with Crippen molar-refractivity contribution < 1.29 is 14.5 Å². The Hall–Kier alpha value is -1.66. The standard InChI is InChI=1S/C14H19ClN2O4/c1-9(2)7-12(14(18)21-3)16-8-10-11(15)5-4-6-13(10)17(19)20/h4-6,9,12,16H,7-8H2,1-3H3. The summed E-state index contributed by atoms with van der Waals surface area (Å²) in [5.74, 6) is -0.110. The molecule has 0 bridgehead atoms. The second-order valence-electron chi connectivity index (χ2n) is 5.08. The first-order valence-electron chi connectivity index (χ1n) is 6.59. The molecule has 6 nitrogen and oxygen atoms in total. The number of carbonyl (C=O) groups is 1. The summed E-state index contributed by atoms with van der Waals surface area (Å²) in [5, 5.41) is 14.3. The van der Waals surface area contributed by atoms with E-state index in [1.807, 2.05) is 13.8 Å². The van der Waals surface area contributed by atoms with Gasteiger partial charge in [-0.2, -0.15) is 0 Å². The molecule has 1 unspecified atom stereocenters. The summed E-state index contributed by atoms with van der Waals surface area (Å²) < 4.78 is 4.74. The summed E-state index contributed by atoms with van der Waals surface area (Å²) in [4.78, 5) is 22.2. The van der Waals surface area contributed by atoms with Crippen LogP contribution in [0.25, 0.3) is 0 Å². The number of hydrogen-bond donors (Lipinski definition) is 1. The molecule has 0 aromatic heterocycles. The molecule has 7 heteroatoms. The van der Waals surface area contributed by atoms with E-state index in [-0.39, 0.29) is 18.2 Å². The van der Waals surface area contributed by atoms with Crippen molar-refractivity contribution in [3.8, 4) is 0 Å². The number of ether oxygens (including phenoxy) is 1. The summed E-state index contributed by atoms with van der Waals surface area (Å²) in [6.07, 6.45) is 0.574. The van der Waals surface area contributed by atoms with E-state index in [1.54, 1.807) is 6.07 Å². The van der Waals surface area contributed by atoms with Crippen molar-refractivity contribution in [2.24, 2.45) is 5.92 Å². The van der Waals surface area contributed by atoms with E-state index in [2.05, 4.69) is 5.32 Å². The number of hydrogen-bond acceptors (Lipinski definition) is 5. The molecule has 0 saturated carbocycles. The molecule has 0 aliphatic rings. The van der Waals surface area contributed by atoms with E-state index >= 15 is 0 Å². The smallest absolute Gasteiger partial charge is 0.322 e. The van der Waals surface area contributed by atoms with E-state index in [1.165, 1.54) is 19.2 Å². The number of benzene rings is 1. The monoisotopic (exact) mass is 314 g/mol. The van der Waals surface area contributed by atoms with E-state index in [9.17, 15) is 14.9 Å². The zero-order valence-electron chi connectivity index (χ0n) is 12.3. The van der Waals surface area contributed by atoms with Crippen LogP contribution in [-0.4, -0.2) is 24.0 Å². The molecule has 0 amide bonds. The van der Waals surface area contributed by atoms with E-state index in [4.69, 9.17) is 16.3 Å². The number of carbonyl (C=O) groups excluding carboxylic acids is 1. The maximum absolute atomic E-state index is 11.7. The Morgan fingerprint density at radius 1 is 1.48 bits per heavy atom. The van der Waals surface area contributed by atoms with Crippen molar-refractivity contribution >= 4 is 23.3 Å². The molecule has 0 aliphatic carbocycles. The minimum Gasteiger partial charge on any atom is -0.468 e. The lowest BCUT2D eigenvalue weighted by Crippen LogP contribution is -2.38. The third-order valence-corrected chi connectivity index (χ3v) is 3.36. The van der Waals surface area contributed by atoms with Crippen LogP contribution < -0.4 is 5.32 Å². The predicted molar refractivity (Wildman–Crippen MR) is 80.2 cm³/mol. The molecule has 0 radical (unpaired) electrons. The van der Waals surface area contributed by atoms with E-state index in [0.29, 0.717) is 17.0 Å². The van der Waals surface area contributed by atoms with Gasteiger partial charge in [0.05, 0.1) is 22.6 Å². The fraction of sp³-hybridized carbons (Fsp3) is 0.500. The number of rotatable bonds is 7. The van der Waals surface area contributed by atoms with Crippen LogP contribution in [0.4, 0.5) is 5.69 Å². The Morgan fingerprint density at radius 2 is 2.14 bits per heavy atom. The average Bonchev–Trinajstić information content (AvgIpc) is 2.42. The third-order valence-electron chi connectivity index (χ3n) is 3.01. The minimum atomic E-state index is -0.522. The van der Waals surface area contributed by atoms with E-state index in [0.717, 1.165) is 0 Å². The first-order chi connectivity index (χ1) is 9.86. The predicted octanol–water partition coefficient (Wildman–Crippen LogP) is 2.93. The first-order valence-corrected chi connectivity index (χ1v) is 6.97. The maximum atomic E-state index is 11.7. The Morgan fingerprint density at radius 3 is 2.67 bits per heavy atom. The van der Waals surface area contributed by atoms with Gasteiger partial charge in [0.25, 0.3) is 5.69 Å². The SMILES string of the molecule is COC(=O)C(CC(C)C)NCc1c(Cl)cccc1[N+](=O)[O-]. The molecule has 0 saturated heterocycles. The molecular formula is C14H19ClN2O4. The van der Waals surface area contributed by atoms with Crippen molar-refractivity contribution in [3.05, 3.63) is 38.9 Å². The fourth-order valence-corrected chi connectivity index (χ4v) is 2.23. The van der Waals surface area contributed by atoms with Gasteiger partial charge >= 0.3 is 5.97 Å². The van der Waals surface area contributed by atoms with Crippen LogP contribution in [0.2, 0.25) is 5.02 Å². The highest BCUT2D eigenvalue weighted by atomic mass is 35.5. The van der Waals surface area contributed by atoms with Gasteiger partial charge in [-0.05, 0) is 18.4 Å². The van der Waals surface area contributed by atoms with Gasteiger partial charge in [0.1, 0.15) is 6.04 Å². The molecule has 0 spiro atoms. The van der Waals surface area contributed by atoms with Gasteiger partial charge in [0, 0.05) is 12.6 Å². The van der Waals surface area contributed by atoms with Crippen LogP contribution >= 0.6 is 11.6 Å². The normalized spacial score (nSPS) is 12.2. The molecule has 1 aromatic carbocycles. The van der Waals surface area contributed by atoms with Gasteiger partial charge in [-0.25, -0.2) is 0 Å². The molecule has 21 heavy (non-hydrogen) atoms. The van der Waals surface area contributed by atoms with Crippen molar-refractivity contribution in [1.82, 2.24) is 5.32 Å². The van der Waals surface area contributed by atoms with Crippen LogP contribution in [-0.2, 0) is 16.1 Å². The molecule has 0 fully saturated rings. The van der Waals surface area contributed by atoms with Crippen LogP contribution in [0.3, 0.4) is 0 Å². The Kier molecular flexibility index (Phi) is 6.58. The third kappa shape index (κ3) is 4.99. The summed E-state index contributed by atoms with van der Waals surface area (Å²) in [7, 11) is 1.31. The molecule has 1 aromatic rings. The number of methoxy groups -OCH3 is 1. The van der Waals surface area contributed by atoms with Crippen molar-refractivity contribution in [2.45, 2.75) is 32.9 Å². The lowest BCUT2D eigenvalue weighted by Gasteiger charge is -2.18. The number of esters is 1. The summed E-state index contributed by atoms with van der Waals surface area (Å²) in [6.45, 7) is 4.09. The van der Waals surface area contributed by atoms with Crippen molar-refractivity contribution in [2.75, 3.05) is 7.11 Å². The zero-order valence-corrected chi connectivity index (χ0v) is 13.0. The molecule has 0 heterocycles. The molecule has 116 valence electrons. The second kappa shape index (κ2) is 7.95.